The maximum absolute atomic E-state index is 11.9. The molecule has 0 aromatic heterocycles. The number of halogens is 1. The lowest BCUT2D eigenvalue weighted by molar-refractivity contribution is 0.0302. The second-order valence-electron chi connectivity index (χ2n) is 7.53. The smallest absolute Gasteiger partial charge is 0.410 e. The van der Waals surface area contributed by atoms with Gasteiger partial charge in [-0.25, -0.2) is 4.79 Å². The number of ether oxygens (including phenoxy) is 2. The second kappa shape index (κ2) is 11.8. The molecule has 1 atom stereocenters. The number of aliphatic hydroxyl groups is 1. The molecule has 1 fully saturated rings. The summed E-state index contributed by atoms with van der Waals surface area (Å²) in [6.45, 7) is 8.81. The van der Waals surface area contributed by atoms with Gasteiger partial charge in [0.25, 0.3) is 0 Å². The van der Waals surface area contributed by atoms with Gasteiger partial charge in [-0.1, -0.05) is 0 Å². The number of carbonyl (C=O) groups is 1. The fourth-order valence-corrected chi connectivity index (χ4v) is 2.58. The fraction of sp³-hybridized carbons (Fsp3) is 0.882. The highest BCUT2D eigenvalue weighted by molar-refractivity contribution is 14.0. The molecule has 0 aromatic carbocycles. The lowest BCUT2D eigenvalue weighted by atomic mass is 9.84. The average Bonchev–Trinajstić information content (AvgIpc) is 2.98. The number of nitrogens with one attached hydrogen (secondary N) is 2. The van der Waals surface area contributed by atoms with Gasteiger partial charge in [0, 0.05) is 52.4 Å². The van der Waals surface area contributed by atoms with Gasteiger partial charge in [0.1, 0.15) is 5.60 Å². The van der Waals surface area contributed by atoms with Gasteiger partial charge in [-0.15, -0.1) is 24.0 Å². The molecule has 0 aliphatic carbocycles. The highest BCUT2D eigenvalue weighted by Crippen LogP contribution is 2.31. The normalized spacial score (nSPS) is 20.3. The van der Waals surface area contributed by atoms with E-state index in [4.69, 9.17) is 9.47 Å². The first-order chi connectivity index (χ1) is 11.7. The minimum Gasteiger partial charge on any atom is -0.444 e. The van der Waals surface area contributed by atoms with Gasteiger partial charge in [-0.05, 0) is 33.6 Å². The predicted molar refractivity (Wildman–Crippen MR) is 113 cm³/mol. The van der Waals surface area contributed by atoms with E-state index in [2.05, 4.69) is 15.6 Å². The van der Waals surface area contributed by atoms with Crippen LogP contribution in [0.3, 0.4) is 0 Å². The molecule has 0 bridgehead atoms. The summed E-state index contributed by atoms with van der Waals surface area (Å²) in [6.07, 6.45) is 1.29. The number of likely N-dealkylation sites (N-methyl/N-ethyl adjacent to an activating group) is 1. The third-order valence-corrected chi connectivity index (χ3v) is 4.13. The van der Waals surface area contributed by atoms with Gasteiger partial charge >= 0.3 is 6.09 Å². The van der Waals surface area contributed by atoms with E-state index in [0.717, 1.165) is 13.0 Å². The number of aliphatic imine (C=N–C) groups is 1. The Balaban J connectivity index is 0.00000625. The van der Waals surface area contributed by atoms with Crippen LogP contribution in [0.2, 0.25) is 0 Å². The molecule has 0 saturated carbocycles. The SMILES string of the molecule is CN=C(NCCN(C)C(=O)OC(C)(C)C)NCC1(CCO)CCOC1.I. The van der Waals surface area contributed by atoms with Gasteiger partial charge in [0.05, 0.1) is 6.61 Å². The Kier molecular flexibility index (Phi) is 11.4. The summed E-state index contributed by atoms with van der Waals surface area (Å²) >= 11 is 0. The number of amides is 1. The van der Waals surface area contributed by atoms with Crippen LogP contribution >= 0.6 is 24.0 Å². The van der Waals surface area contributed by atoms with E-state index < -0.39 is 5.60 Å². The zero-order chi connectivity index (χ0) is 18.9. The first-order valence-corrected chi connectivity index (χ1v) is 8.79. The molecular formula is C17H35IN4O4. The molecule has 3 N–H and O–H groups in total. The molecule has 1 saturated heterocycles. The number of hydrogen-bond acceptors (Lipinski definition) is 5. The van der Waals surface area contributed by atoms with Crippen molar-refractivity contribution < 1.29 is 19.4 Å². The Labute approximate surface area is 174 Å². The largest absolute Gasteiger partial charge is 0.444 e. The number of hydrogen-bond donors (Lipinski definition) is 3. The van der Waals surface area contributed by atoms with E-state index >= 15 is 0 Å². The van der Waals surface area contributed by atoms with Gasteiger partial charge in [-0.2, -0.15) is 0 Å². The Morgan fingerprint density at radius 1 is 1.38 bits per heavy atom. The van der Waals surface area contributed by atoms with Crippen LogP contribution in [0.1, 0.15) is 33.6 Å². The first kappa shape index (κ1) is 25.2. The monoisotopic (exact) mass is 486 g/mol. The highest BCUT2D eigenvalue weighted by Gasteiger charge is 2.34. The van der Waals surface area contributed by atoms with Gasteiger partial charge in [-0.3, -0.25) is 4.99 Å². The van der Waals surface area contributed by atoms with Crippen molar-refractivity contribution in [3.8, 4) is 0 Å². The second-order valence-corrected chi connectivity index (χ2v) is 7.53. The lowest BCUT2D eigenvalue weighted by Gasteiger charge is -2.28. The van der Waals surface area contributed by atoms with E-state index in [-0.39, 0.29) is 42.1 Å². The van der Waals surface area contributed by atoms with Gasteiger partial charge in [0.15, 0.2) is 5.96 Å². The van der Waals surface area contributed by atoms with Crippen molar-refractivity contribution in [1.29, 1.82) is 0 Å². The predicted octanol–water partition coefficient (Wildman–Crippen LogP) is 1.43. The topological polar surface area (TPSA) is 95.4 Å². The number of carbonyl (C=O) groups excluding carboxylic acids is 1. The van der Waals surface area contributed by atoms with Crippen molar-refractivity contribution in [2.45, 2.75) is 39.2 Å². The average molecular weight is 486 g/mol. The number of aliphatic hydroxyl groups excluding tert-OH is 1. The molecule has 26 heavy (non-hydrogen) atoms. The first-order valence-electron chi connectivity index (χ1n) is 8.79. The Hall–Kier alpha value is -0.810. The fourth-order valence-electron chi connectivity index (χ4n) is 2.58. The van der Waals surface area contributed by atoms with Gasteiger partial charge < -0.3 is 30.1 Å². The van der Waals surface area contributed by atoms with Crippen molar-refractivity contribution >= 4 is 36.0 Å². The van der Waals surface area contributed by atoms with E-state index in [1.165, 1.54) is 4.90 Å². The summed E-state index contributed by atoms with van der Waals surface area (Å²) in [7, 11) is 3.41. The van der Waals surface area contributed by atoms with Crippen molar-refractivity contribution in [2.24, 2.45) is 10.4 Å². The molecule has 1 heterocycles. The van der Waals surface area contributed by atoms with Crippen LogP contribution < -0.4 is 10.6 Å². The molecule has 1 rings (SSSR count). The minimum absolute atomic E-state index is 0. The van der Waals surface area contributed by atoms with Crippen molar-refractivity contribution in [3.63, 3.8) is 0 Å². The van der Waals surface area contributed by atoms with Crippen LogP contribution in [-0.4, -0.2) is 81.2 Å². The lowest BCUT2D eigenvalue weighted by Crippen LogP contribution is -2.46. The number of nitrogens with zero attached hydrogens (tertiary/aromatic N) is 2. The molecule has 1 aliphatic heterocycles. The summed E-state index contributed by atoms with van der Waals surface area (Å²) in [5.74, 6) is 0.668. The Morgan fingerprint density at radius 2 is 2.08 bits per heavy atom. The molecular weight excluding hydrogens is 451 g/mol. The molecule has 0 radical (unpaired) electrons. The Bertz CT molecular complexity index is 449. The maximum atomic E-state index is 11.9. The third-order valence-electron chi connectivity index (χ3n) is 4.13. The van der Waals surface area contributed by atoms with Crippen LogP contribution in [0.25, 0.3) is 0 Å². The summed E-state index contributed by atoms with van der Waals surface area (Å²) in [5.41, 5.74) is -0.541. The van der Waals surface area contributed by atoms with Crippen molar-refractivity contribution in [1.82, 2.24) is 15.5 Å². The van der Waals surface area contributed by atoms with Crippen LogP contribution in [0, 0.1) is 5.41 Å². The molecule has 8 nitrogen and oxygen atoms in total. The summed E-state index contributed by atoms with van der Waals surface area (Å²) < 4.78 is 10.8. The molecule has 1 amide bonds. The molecule has 1 unspecified atom stereocenters. The molecule has 0 spiro atoms. The molecule has 9 heteroatoms. The summed E-state index contributed by atoms with van der Waals surface area (Å²) in [5, 5.41) is 15.7. The van der Waals surface area contributed by atoms with E-state index in [9.17, 15) is 9.90 Å². The van der Waals surface area contributed by atoms with Crippen molar-refractivity contribution in [2.75, 3.05) is 53.6 Å². The van der Waals surface area contributed by atoms with Gasteiger partial charge in [0.2, 0.25) is 0 Å². The summed E-state index contributed by atoms with van der Waals surface area (Å²) in [4.78, 5) is 17.6. The number of rotatable bonds is 7. The third kappa shape index (κ3) is 9.22. The van der Waals surface area contributed by atoms with E-state index in [1.807, 2.05) is 20.8 Å². The maximum Gasteiger partial charge on any atom is 0.410 e. The van der Waals surface area contributed by atoms with Crippen LogP contribution in [-0.2, 0) is 9.47 Å². The zero-order valence-corrected chi connectivity index (χ0v) is 19.0. The Morgan fingerprint density at radius 3 is 2.58 bits per heavy atom. The molecule has 1 aliphatic rings. The number of guanidine groups is 1. The summed E-state index contributed by atoms with van der Waals surface area (Å²) in [6, 6.07) is 0. The molecule has 154 valence electrons. The quantitative estimate of drug-likeness (QED) is 0.286. The zero-order valence-electron chi connectivity index (χ0n) is 16.6. The highest BCUT2D eigenvalue weighted by atomic mass is 127. The van der Waals surface area contributed by atoms with E-state index in [1.54, 1.807) is 14.1 Å². The van der Waals surface area contributed by atoms with Crippen LogP contribution in [0.4, 0.5) is 4.79 Å². The van der Waals surface area contributed by atoms with Crippen LogP contribution in [0.5, 0.6) is 0 Å². The van der Waals surface area contributed by atoms with Crippen molar-refractivity contribution in [3.05, 3.63) is 0 Å². The molecule has 0 aromatic rings. The van der Waals surface area contributed by atoms with E-state index in [0.29, 0.717) is 38.6 Å². The minimum atomic E-state index is -0.499. The standard InChI is InChI=1S/C17H34N4O4.HI/c1-16(2,3)25-15(23)21(5)9-8-19-14(18-4)20-12-17(6-10-22)7-11-24-13-17;/h22H,6-13H2,1-5H3,(H2,18,19,20);1H. The van der Waals surface area contributed by atoms with Crippen LogP contribution in [0.15, 0.2) is 4.99 Å².